The largest absolute Gasteiger partial charge is 0.394 e. The summed E-state index contributed by atoms with van der Waals surface area (Å²) in [6, 6.07) is 0. The molecule has 0 saturated heterocycles. The summed E-state index contributed by atoms with van der Waals surface area (Å²) in [6.45, 7) is -4.10. The summed E-state index contributed by atoms with van der Waals surface area (Å²) >= 11 is 0. The van der Waals surface area contributed by atoms with Gasteiger partial charge in [-0.2, -0.15) is 0 Å². The van der Waals surface area contributed by atoms with Crippen LogP contribution in [-0.4, -0.2) is 61.3 Å². The molecule has 0 aliphatic carbocycles. The van der Waals surface area contributed by atoms with Gasteiger partial charge in [-0.3, -0.25) is 4.79 Å². The first kappa shape index (κ1) is 9.68. The average Bonchev–Trinajstić information content (AvgIpc) is 2.42. The molecule has 0 radical (unpaired) electrons. The van der Waals surface area contributed by atoms with Crippen LogP contribution in [-0.2, 0) is 4.79 Å². The lowest BCUT2D eigenvalue weighted by Crippen LogP contribution is -2.64. The van der Waals surface area contributed by atoms with Crippen molar-refractivity contribution in [1.29, 1.82) is 0 Å². The molecule has 0 heterocycles. The summed E-state index contributed by atoms with van der Waals surface area (Å²) in [6.07, 6.45) is -4.09. The fourth-order valence-electron chi connectivity index (χ4n) is 0.904. The van der Waals surface area contributed by atoms with Crippen molar-refractivity contribution in [2.75, 3.05) is 6.61 Å². The SMILES string of the molecule is [2H]CC(=O)[C@@](O)(C[2H])[C@](O)(C[2H])[C@H](O)[C@H](O)CO. The molecule has 6 nitrogen and oxygen atoms in total. The Balaban J connectivity index is 5.54. The minimum atomic E-state index is -2.86. The molecule has 0 fully saturated rings. The molecule has 0 aliphatic rings. The van der Waals surface area contributed by atoms with Gasteiger partial charge in [0.1, 0.15) is 17.8 Å². The average molecular weight is 225 g/mol. The fraction of sp³-hybridized carbons (Fsp3) is 0.889. The van der Waals surface area contributed by atoms with E-state index in [2.05, 4.69) is 0 Å². The third-order valence-electron chi connectivity index (χ3n) is 2.22. The van der Waals surface area contributed by atoms with Gasteiger partial charge in [0.05, 0.1) is 6.61 Å². The van der Waals surface area contributed by atoms with Crippen molar-refractivity contribution in [2.24, 2.45) is 0 Å². The van der Waals surface area contributed by atoms with Gasteiger partial charge in [-0.25, -0.2) is 0 Å². The van der Waals surface area contributed by atoms with Crippen LogP contribution in [0.1, 0.15) is 24.8 Å². The topological polar surface area (TPSA) is 118 Å². The number of rotatable bonds is 5. The lowest BCUT2D eigenvalue weighted by molar-refractivity contribution is -0.209. The van der Waals surface area contributed by atoms with Gasteiger partial charge in [-0.1, -0.05) is 0 Å². The highest BCUT2D eigenvalue weighted by Gasteiger charge is 2.52. The third-order valence-corrected chi connectivity index (χ3v) is 2.22. The van der Waals surface area contributed by atoms with E-state index in [1.54, 1.807) is 0 Å². The van der Waals surface area contributed by atoms with E-state index in [9.17, 15) is 25.2 Å². The Kier molecular flexibility index (Phi) is 2.93. The summed E-state index contributed by atoms with van der Waals surface area (Å²) in [5, 5.41) is 47.5. The molecular weight excluding hydrogens is 204 g/mol. The van der Waals surface area contributed by atoms with Crippen LogP contribution in [0.4, 0.5) is 0 Å². The molecule has 0 unspecified atom stereocenters. The van der Waals surface area contributed by atoms with Crippen molar-refractivity contribution in [1.82, 2.24) is 0 Å². The molecule has 5 N–H and O–H groups in total. The highest BCUT2D eigenvalue weighted by atomic mass is 16.4. The van der Waals surface area contributed by atoms with Gasteiger partial charge in [0.25, 0.3) is 0 Å². The van der Waals surface area contributed by atoms with Crippen LogP contribution in [0.15, 0.2) is 0 Å². The van der Waals surface area contributed by atoms with E-state index in [0.29, 0.717) is 0 Å². The van der Waals surface area contributed by atoms with E-state index in [4.69, 9.17) is 9.22 Å². The van der Waals surface area contributed by atoms with E-state index in [-0.39, 0.29) is 0 Å². The maximum atomic E-state index is 11.4. The quantitative estimate of drug-likeness (QED) is 0.362. The Morgan fingerprint density at radius 3 is 2.33 bits per heavy atom. The smallest absolute Gasteiger partial charge is 0.164 e. The second-order valence-electron chi connectivity index (χ2n) is 3.40. The van der Waals surface area contributed by atoms with Crippen LogP contribution >= 0.6 is 0 Å². The Labute approximate surface area is 92.0 Å². The monoisotopic (exact) mass is 225 g/mol. The second-order valence-corrected chi connectivity index (χ2v) is 3.40. The number of aliphatic hydroxyl groups is 5. The summed E-state index contributed by atoms with van der Waals surface area (Å²) in [7, 11) is 0. The molecule has 90 valence electrons. The zero-order valence-corrected chi connectivity index (χ0v) is 8.13. The maximum Gasteiger partial charge on any atom is 0.164 e. The summed E-state index contributed by atoms with van der Waals surface area (Å²) in [5.74, 6) is -1.25. The predicted octanol–water partition coefficient (Wildman–Crippen LogP) is -2.21. The standard InChI is InChI=1S/C9H18O6/c1-5(11)8(2,14)9(3,15)7(13)6(12)4-10/h6-7,10,12-15H,4H2,1-3H3/t6-,7-,8+,9+/m1/s1/i1D,2D,3D. The van der Waals surface area contributed by atoms with Crippen LogP contribution in [0.25, 0.3) is 0 Å². The van der Waals surface area contributed by atoms with Gasteiger partial charge in [-0.15, -0.1) is 0 Å². The maximum absolute atomic E-state index is 11.4. The molecule has 15 heavy (non-hydrogen) atoms. The Morgan fingerprint density at radius 1 is 1.40 bits per heavy atom. The first-order chi connectivity index (χ1) is 8.24. The molecule has 0 aromatic heterocycles. The summed E-state index contributed by atoms with van der Waals surface area (Å²) in [5.41, 5.74) is -5.69. The molecule has 0 bridgehead atoms. The first-order valence-corrected chi connectivity index (χ1v) is 4.07. The van der Waals surface area contributed by atoms with Crippen molar-refractivity contribution in [3.05, 3.63) is 0 Å². The van der Waals surface area contributed by atoms with Gasteiger partial charge in [0, 0.05) is 4.11 Å². The van der Waals surface area contributed by atoms with Crippen LogP contribution in [0.5, 0.6) is 0 Å². The summed E-state index contributed by atoms with van der Waals surface area (Å²) in [4.78, 5) is 11.4. The molecule has 0 spiro atoms. The zero-order chi connectivity index (χ0) is 14.6. The minimum absolute atomic E-state index is 0.959. The molecule has 0 rings (SSSR count). The van der Waals surface area contributed by atoms with Crippen LogP contribution in [0, 0.1) is 0 Å². The van der Waals surface area contributed by atoms with Crippen LogP contribution in [0.3, 0.4) is 0 Å². The zero-order valence-electron chi connectivity index (χ0n) is 11.1. The van der Waals surface area contributed by atoms with Gasteiger partial charge in [0.2, 0.25) is 0 Å². The molecule has 4 atom stereocenters. The number of Topliss-reactive ketones (excluding diaryl/α,β-unsaturated/α-hetero) is 1. The Morgan fingerprint density at radius 2 is 2.00 bits per heavy atom. The van der Waals surface area contributed by atoms with Crippen molar-refractivity contribution in [2.45, 2.75) is 44.1 Å². The van der Waals surface area contributed by atoms with Crippen molar-refractivity contribution < 1.29 is 34.4 Å². The normalized spacial score (nSPS) is 26.3. The van der Waals surface area contributed by atoms with Crippen LogP contribution < -0.4 is 0 Å². The first-order valence-electron chi connectivity index (χ1n) is 6.20. The molecule has 0 amide bonds. The van der Waals surface area contributed by atoms with E-state index in [1.807, 2.05) is 0 Å². The van der Waals surface area contributed by atoms with Gasteiger partial charge in [-0.05, 0) is 20.7 Å². The van der Waals surface area contributed by atoms with Gasteiger partial charge < -0.3 is 25.5 Å². The second kappa shape index (κ2) is 4.54. The predicted molar refractivity (Wildman–Crippen MR) is 51.0 cm³/mol. The molecule has 0 aliphatic heterocycles. The van der Waals surface area contributed by atoms with Gasteiger partial charge in [0.15, 0.2) is 11.4 Å². The number of hydrogen-bond donors (Lipinski definition) is 5. The molecule has 0 aromatic carbocycles. The Hall–Kier alpha value is -0.530. The molecular formula is C9H18O6. The summed E-state index contributed by atoms with van der Waals surface area (Å²) < 4.78 is 21.1. The van der Waals surface area contributed by atoms with E-state index < -0.39 is 56.5 Å². The number of hydrogen-bond acceptors (Lipinski definition) is 6. The Bertz CT molecular complexity index is 291. The van der Waals surface area contributed by atoms with Crippen molar-refractivity contribution in [3.63, 3.8) is 0 Å². The minimum Gasteiger partial charge on any atom is -0.394 e. The van der Waals surface area contributed by atoms with Gasteiger partial charge >= 0.3 is 0 Å². The molecule has 6 heteroatoms. The number of carbonyl (C=O) groups is 1. The number of aliphatic hydroxyl groups excluding tert-OH is 3. The molecule has 0 aromatic rings. The highest BCUT2D eigenvalue weighted by Crippen LogP contribution is 2.28. The number of ketones is 1. The lowest BCUT2D eigenvalue weighted by Gasteiger charge is -2.41. The van der Waals surface area contributed by atoms with E-state index >= 15 is 0 Å². The molecule has 0 saturated carbocycles. The van der Waals surface area contributed by atoms with Crippen molar-refractivity contribution >= 4 is 5.78 Å². The van der Waals surface area contributed by atoms with Crippen molar-refractivity contribution in [3.8, 4) is 0 Å². The number of carbonyl (C=O) groups excluding carboxylic acids is 1. The van der Waals surface area contributed by atoms with E-state index in [0.717, 1.165) is 0 Å². The third kappa shape index (κ3) is 2.53. The lowest BCUT2D eigenvalue weighted by atomic mass is 9.77. The van der Waals surface area contributed by atoms with Crippen LogP contribution in [0.2, 0.25) is 0 Å². The fourth-order valence-corrected chi connectivity index (χ4v) is 0.904. The highest BCUT2D eigenvalue weighted by molar-refractivity contribution is 5.85. The van der Waals surface area contributed by atoms with E-state index in [1.165, 1.54) is 0 Å².